The van der Waals surface area contributed by atoms with Crippen LogP contribution in [0.5, 0.6) is 0 Å². The molecule has 0 aromatic heterocycles. The van der Waals surface area contributed by atoms with Crippen molar-refractivity contribution in [1.82, 2.24) is 0 Å². The zero-order chi connectivity index (χ0) is 11.6. The Bertz CT molecular complexity index is 182. The van der Waals surface area contributed by atoms with E-state index in [9.17, 15) is 4.79 Å². The highest BCUT2D eigenvalue weighted by Crippen LogP contribution is 2.33. The molecule has 0 atom stereocenters. The number of carbonyl (C=O) groups excluding carboxylic acids is 1. The average Bonchev–Trinajstić information content (AvgIpc) is 3.09. The van der Waals surface area contributed by atoms with Crippen molar-refractivity contribution in [1.29, 1.82) is 0 Å². The molecule has 16 heavy (non-hydrogen) atoms. The molecule has 1 aliphatic rings. The Hall–Kier alpha value is -0.330. The highest BCUT2D eigenvalue weighted by atomic mass is 16.1. The van der Waals surface area contributed by atoms with Crippen molar-refractivity contribution in [2.45, 2.75) is 84.0 Å². The highest BCUT2D eigenvalue weighted by molar-refractivity contribution is 5.78. The second-order valence-electron chi connectivity index (χ2n) is 5.39. The van der Waals surface area contributed by atoms with Crippen LogP contribution in [0.4, 0.5) is 0 Å². The first kappa shape index (κ1) is 13.7. The molecule has 0 radical (unpaired) electrons. The van der Waals surface area contributed by atoms with E-state index in [1.165, 1.54) is 57.8 Å². The van der Waals surface area contributed by atoms with E-state index < -0.39 is 0 Å². The van der Waals surface area contributed by atoms with Crippen molar-refractivity contribution in [3.8, 4) is 0 Å². The summed E-state index contributed by atoms with van der Waals surface area (Å²) in [5.74, 6) is 1.43. The molecule has 0 aromatic rings. The molecule has 1 nitrogen and oxygen atoms in total. The molecule has 1 rings (SSSR count). The van der Waals surface area contributed by atoms with Gasteiger partial charge in [-0.3, -0.25) is 4.79 Å². The Labute approximate surface area is 101 Å². The maximum absolute atomic E-state index is 11.5. The summed E-state index contributed by atoms with van der Waals surface area (Å²) in [6, 6.07) is 0. The number of hydrogen-bond donors (Lipinski definition) is 0. The molecule has 1 heteroatoms. The Kier molecular flexibility index (Phi) is 7.54. The molecule has 0 bridgehead atoms. The largest absolute Gasteiger partial charge is 0.300 e. The van der Waals surface area contributed by atoms with Crippen molar-refractivity contribution in [2.75, 3.05) is 0 Å². The van der Waals surface area contributed by atoms with Crippen LogP contribution < -0.4 is 0 Å². The number of unbranched alkanes of at least 4 members (excludes halogenated alkanes) is 6. The van der Waals surface area contributed by atoms with Crippen molar-refractivity contribution < 1.29 is 4.79 Å². The zero-order valence-electron chi connectivity index (χ0n) is 11.0. The summed E-state index contributed by atoms with van der Waals surface area (Å²) in [7, 11) is 0. The lowest BCUT2D eigenvalue weighted by molar-refractivity contribution is -0.119. The number of Topliss-reactive ketones (excluding diaryl/α,β-unsaturated/α-hetero) is 1. The van der Waals surface area contributed by atoms with Crippen molar-refractivity contribution in [3.05, 3.63) is 0 Å². The SMILES string of the molecule is CCCCCCCCCC(=O)CCC1CC1. The molecule has 1 aliphatic carbocycles. The molecule has 1 fully saturated rings. The second kappa shape index (κ2) is 8.78. The van der Waals surface area contributed by atoms with E-state index in [2.05, 4.69) is 6.92 Å². The van der Waals surface area contributed by atoms with E-state index >= 15 is 0 Å². The van der Waals surface area contributed by atoms with E-state index in [-0.39, 0.29) is 0 Å². The lowest BCUT2D eigenvalue weighted by Gasteiger charge is -2.01. The summed E-state index contributed by atoms with van der Waals surface area (Å²) < 4.78 is 0. The number of rotatable bonds is 11. The van der Waals surface area contributed by atoms with Crippen molar-refractivity contribution in [2.24, 2.45) is 5.92 Å². The fourth-order valence-corrected chi connectivity index (χ4v) is 2.18. The van der Waals surface area contributed by atoms with Crippen LogP contribution >= 0.6 is 0 Å². The maximum atomic E-state index is 11.5. The quantitative estimate of drug-likeness (QED) is 0.457. The van der Waals surface area contributed by atoms with Crippen LogP contribution in [0, 0.1) is 5.92 Å². The molecule has 0 aliphatic heterocycles. The van der Waals surface area contributed by atoms with Gasteiger partial charge in [-0.15, -0.1) is 0 Å². The van der Waals surface area contributed by atoms with Gasteiger partial charge in [-0.2, -0.15) is 0 Å². The Morgan fingerprint density at radius 1 is 0.938 bits per heavy atom. The van der Waals surface area contributed by atoms with Crippen LogP contribution in [0.25, 0.3) is 0 Å². The third kappa shape index (κ3) is 7.90. The molecule has 94 valence electrons. The van der Waals surface area contributed by atoms with E-state index in [4.69, 9.17) is 0 Å². The van der Waals surface area contributed by atoms with Gasteiger partial charge in [0.25, 0.3) is 0 Å². The molecule has 0 aromatic carbocycles. The van der Waals surface area contributed by atoms with Gasteiger partial charge < -0.3 is 0 Å². The van der Waals surface area contributed by atoms with E-state index in [1.54, 1.807) is 0 Å². The molecule has 0 unspecified atom stereocenters. The van der Waals surface area contributed by atoms with Crippen molar-refractivity contribution in [3.63, 3.8) is 0 Å². The molecular formula is C15H28O. The monoisotopic (exact) mass is 224 g/mol. The van der Waals surface area contributed by atoms with Crippen LogP contribution in [-0.4, -0.2) is 5.78 Å². The van der Waals surface area contributed by atoms with Gasteiger partial charge >= 0.3 is 0 Å². The van der Waals surface area contributed by atoms with Crippen LogP contribution in [0.1, 0.15) is 84.0 Å². The minimum absolute atomic E-state index is 0.514. The lowest BCUT2D eigenvalue weighted by atomic mass is 10.0. The third-order valence-corrected chi connectivity index (χ3v) is 3.59. The van der Waals surface area contributed by atoms with Crippen LogP contribution in [0.3, 0.4) is 0 Å². The average molecular weight is 224 g/mol. The van der Waals surface area contributed by atoms with Gasteiger partial charge in [0.2, 0.25) is 0 Å². The van der Waals surface area contributed by atoms with Gasteiger partial charge in [0.15, 0.2) is 0 Å². The standard InChI is InChI=1S/C15H28O/c1-2-3-4-5-6-7-8-9-15(16)13-12-14-10-11-14/h14H,2-13H2,1H3. The van der Waals surface area contributed by atoms with Gasteiger partial charge in [-0.05, 0) is 18.8 Å². The van der Waals surface area contributed by atoms with Crippen molar-refractivity contribution >= 4 is 5.78 Å². The van der Waals surface area contributed by atoms with Gasteiger partial charge in [-0.25, -0.2) is 0 Å². The molecule has 0 N–H and O–H groups in total. The molecule has 0 heterocycles. The summed E-state index contributed by atoms with van der Waals surface area (Å²) in [6.45, 7) is 2.25. The minimum atomic E-state index is 0.514. The van der Waals surface area contributed by atoms with Crippen LogP contribution in [0.15, 0.2) is 0 Å². The first-order valence-electron chi connectivity index (χ1n) is 7.34. The van der Waals surface area contributed by atoms with Crippen LogP contribution in [-0.2, 0) is 4.79 Å². The summed E-state index contributed by atoms with van der Waals surface area (Å²) >= 11 is 0. The molecular weight excluding hydrogens is 196 g/mol. The summed E-state index contributed by atoms with van der Waals surface area (Å²) in [5, 5.41) is 0. The summed E-state index contributed by atoms with van der Waals surface area (Å²) in [4.78, 5) is 11.5. The third-order valence-electron chi connectivity index (χ3n) is 3.59. The first-order valence-corrected chi connectivity index (χ1v) is 7.34. The fraction of sp³-hybridized carbons (Fsp3) is 0.933. The summed E-state index contributed by atoms with van der Waals surface area (Å²) in [5.41, 5.74) is 0. The van der Waals surface area contributed by atoms with E-state index in [1.807, 2.05) is 0 Å². The molecule has 0 saturated heterocycles. The van der Waals surface area contributed by atoms with Gasteiger partial charge in [0, 0.05) is 12.8 Å². The first-order chi connectivity index (χ1) is 7.83. The van der Waals surface area contributed by atoms with E-state index in [0.29, 0.717) is 5.78 Å². The minimum Gasteiger partial charge on any atom is -0.300 e. The second-order valence-corrected chi connectivity index (χ2v) is 5.39. The molecule has 0 amide bonds. The van der Waals surface area contributed by atoms with E-state index in [0.717, 1.165) is 25.2 Å². The number of ketones is 1. The lowest BCUT2D eigenvalue weighted by Crippen LogP contribution is -1.98. The Morgan fingerprint density at radius 3 is 2.19 bits per heavy atom. The predicted octanol–water partition coefficient (Wildman–Crippen LogP) is 4.89. The smallest absolute Gasteiger partial charge is 0.132 e. The number of carbonyl (C=O) groups is 1. The normalized spacial score (nSPS) is 15.3. The Morgan fingerprint density at radius 2 is 1.56 bits per heavy atom. The molecule has 0 spiro atoms. The fourth-order valence-electron chi connectivity index (χ4n) is 2.18. The summed E-state index contributed by atoms with van der Waals surface area (Å²) in [6.07, 6.45) is 14.8. The van der Waals surface area contributed by atoms with Crippen LogP contribution in [0.2, 0.25) is 0 Å². The van der Waals surface area contributed by atoms with Gasteiger partial charge in [-0.1, -0.05) is 58.3 Å². The predicted molar refractivity (Wildman–Crippen MR) is 69.6 cm³/mol. The van der Waals surface area contributed by atoms with Gasteiger partial charge in [0.05, 0.1) is 0 Å². The maximum Gasteiger partial charge on any atom is 0.132 e. The Balaban J connectivity index is 1.76. The molecule has 1 saturated carbocycles. The topological polar surface area (TPSA) is 17.1 Å². The highest BCUT2D eigenvalue weighted by Gasteiger charge is 2.21. The zero-order valence-corrected chi connectivity index (χ0v) is 11.0. The van der Waals surface area contributed by atoms with Gasteiger partial charge in [0.1, 0.15) is 5.78 Å². The number of hydrogen-bond acceptors (Lipinski definition) is 1.